The lowest BCUT2D eigenvalue weighted by Gasteiger charge is -2.12. The van der Waals surface area contributed by atoms with Crippen LogP contribution in [-0.2, 0) is 11.3 Å². The fourth-order valence-corrected chi connectivity index (χ4v) is 1.77. The molecule has 0 aliphatic rings. The summed E-state index contributed by atoms with van der Waals surface area (Å²) in [7, 11) is 0. The number of carbonyl (C=O) groups is 1. The largest absolute Gasteiger partial charge is 0.482 e. The average molecular weight is 286 g/mol. The van der Waals surface area contributed by atoms with Crippen molar-refractivity contribution in [2.45, 2.75) is 26.8 Å². The molecule has 0 unspecified atom stereocenters. The van der Waals surface area contributed by atoms with Crippen LogP contribution in [0.5, 0.6) is 5.75 Å². The highest BCUT2D eigenvalue weighted by Crippen LogP contribution is 2.22. The van der Waals surface area contributed by atoms with Crippen molar-refractivity contribution < 1.29 is 14.6 Å². The van der Waals surface area contributed by atoms with Crippen LogP contribution in [0.3, 0.4) is 0 Å². The molecule has 0 spiro atoms. The predicted octanol–water partition coefficient (Wildman–Crippen LogP) is 2.94. The van der Waals surface area contributed by atoms with Crippen LogP contribution in [0.2, 0.25) is 5.02 Å². The lowest BCUT2D eigenvalue weighted by molar-refractivity contribution is -0.139. The quantitative estimate of drug-likeness (QED) is 0.721. The van der Waals surface area contributed by atoms with Gasteiger partial charge in [0.05, 0.1) is 0 Å². The minimum atomic E-state index is -0.992. The van der Waals surface area contributed by atoms with E-state index in [9.17, 15) is 4.79 Å². The topological polar surface area (TPSA) is 58.6 Å². The van der Waals surface area contributed by atoms with E-state index in [4.69, 9.17) is 21.4 Å². The summed E-state index contributed by atoms with van der Waals surface area (Å²) in [5, 5.41) is 12.5. The maximum absolute atomic E-state index is 10.5. The van der Waals surface area contributed by atoms with Crippen LogP contribution in [0, 0.1) is 5.92 Å². The van der Waals surface area contributed by atoms with Gasteiger partial charge in [0.1, 0.15) is 5.75 Å². The van der Waals surface area contributed by atoms with Crippen LogP contribution < -0.4 is 10.1 Å². The van der Waals surface area contributed by atoms with Crippen LogP contribution in [0.1, 0.15) is 25.8 Å². The van der Waals surface area contributed by atoms with Gasteiger partial charge in [0, 0.05) is 17.1 Å². The third kappa shape index (κ3) is 6.45. The van der Waals surface area contributed by atoms with Crippen LogP contribution in [-0.4, -0.2) is 24.2 Å². The summed E-state index contributed by atoms with van der Waals surface area (Å²) in [4.78, 5) is 10.5. The molecule has 1 aromatic rings. The molecule has 0 bridgehead atoms. The van der Waals surface area contributed by atoms with E-state index in [1.807, 2.05) is 0 Å². The minimum Gasteiger partial charge on any atom is -0.482 e. The second-order valence-electron chi connectivity index (χ2n) is 4.79. The number of aliphatic carboxylic acids is 1. The maximum atomic E-state index is 10.5. The van der Waals surface area contributed by atoms with E-state index >= 15 is 0 Å². The monoisotopic (exact) mass is 285 g/mol. The molecule has 0 saturated heterocycles. The summed E-state index contributed by atoms with van der Waals surface area (Å²) in [6.07, 6.45) is 1.09. The number of carboxylic acid groups (broad SMARTS) is 1. The van der Waals surface area contributed by atoms with Crippen molar-refractivity contribution in [2.75, 3.05) is 13.2 Å². The van der Waals surface area contributed by atoms with Crippen molar-refractivity contribution in [1.29, 1.82) is 0 Å². The number of hydrogen-bond donors (Lipinski definition) is 2. The van der Waals surface area contributed by atoms with Crippen molar-refractivity contribution in [3.8, 4) is 5.75 Å². The second-order valence-corrected chi connectivity index (χ2v) is 5.23. The fraction of sp³-hybridized carbons (Fsp3) is 0.500. The Morgan fingerprint density at radius 2 is 2.21 bits per heavy atom. The standard InChI is InChI=1S/C14H20ClNO3/c1-10(2)5-6-16-8-11-7-12(15)3-4-13(11)19-9-14(17)18/h3-4,7,10,16H,5-6,8-9H2,1-2H3,(H,17,18). The summed E-state index contributed by atoms with van der Waals surface area (Å²) in [6.45, 7) is 5.51. The van der Waals surface area contributed by atoms with E-state index in [1.165, 1.54) is 0 Å². The summed E-state index contributed by atoms with van der Waals surface area (Å²) in [5.41, 5.74) is 0.873. The lowest BCUT2D eigenvalue weighted by Crippen LogP contribution is -2.18. The molecular formula is C14H20ClNO3. The Balaban J connectivity index is 2.58. The van der Waals surface area contributed by atoms with Crippen molar-refractivity contribution >= 4 is 17.6 Å². The number of halogens is 1. The molecular weight excluding hydrogens is 266 g/mol. The molecule has 0 aliphatic carbocycles. The van der Waals surface area contributed by atoms with Gasteiger partial charge < -0.3 is 15.2 Å². The zero-order valence-electron chi connectivity index (χ0n) is 11.3. The average Bonchev–Trinajstić information content (AvgIpc) is 2.33. The van der Waals surface area contributed by atoms with Gasteiger partial charge in [-0.15, -0.1) is 0 Å². The van der Waals surface area contributed by atoms with Gasteiger partial charge in [-0.3, -0.25) is 0 Å². The molecule has 0 fully saturated rings. The molecule has 0 heterocycles. The molecule has 0 aliphatic heterocycles. The zero-order chi connectivity index (χ0) is 14.3. The minimum absolute atomic E-state index is 0.347. The normalized spacial score (nSPS) is 10.7. The highest BCUT2D eigenvalue weighted by Gasteiger charge is 2.07. The zero-order valence-corrected chi connectivity index (χ0v) is 12.0. The first-order valence-corrected chi connectivity index (χ1v) is 6.70. The Labute approximate surface area is 118 Å². The Hall–Kier alpha value is -1.26. The summed E-state index contributed by atoms with van der Waals surface area (Å²) >= 11 is 5.94. The summed E-state index contributed by atoms with van der Waals surface area (Å²) in [6, 6.07) is 5.18. The molecule has 0 radical (unpaired) electrons. The van der Waals surface area contributed by atoms with Gasteiger partial charge in [0.15, 0.2) is 6.61 Å². The van der Waals surface area contributed by atoms with Gasteiger partial charge in [0.2, 0.25) is 0 Å². The molecule has 1 rings (SSSR count). The first kappa shape index (κ1) is 15.8. The van der Waals surface area contributed by atoms with E-state index in [-0.39, 0.29) is 6.61 Å². The Kier molecular flexibility index (Phi) is 6.67. The van der Waals surface area contributed by atoms with Gasteiger partial charge >= 0.3 is 5.97 Å². The number of nitrogens with one attached hydrogen (secondary N) is 1. The summed E-state index contributed by atoms with van der Waals surface area (Å²) in [5.74, 6) is 0.215. The number of benzene rings is 1. The molecule has 0 atom stereocenters. The van der Waals surface area contributed by atoms with Crippen molar-refractivity contribution in [2.24, 2.45) is 5.92 Å². The van der Waals surface area contributed by atoms with Gasteiger partial charge in [-0.25, -0.2) is 4.79 Å². The molecule has 2 N–H and O–H groups in total. The van der Waals surface area contributed by atoms with Gasteiger partial charge in [-0.2, -0.15) is 0 Å². The fourth-order valence-electron chi connectivity index (χ4n) is 1.58. The molecule has 0 amide bonds. The highest BCUT2D eigenvalue weighted by molar-refractivity contribution is 6.30. The molecule has 0 saturated carbocycles. The molecule has 19 heavy (non-hydrogen) atoms. The molecule has 1 aromatic carbocycles. The predicted molar refractivity (Wildman–Crippen MR) is 75.7 cm³/mol. The van der Waals surface area contributed by atoms with Crippen LogP contribution in [0.25, 0.3) is 0 Å². The van der Waals surface area contributed by atoms with Crippen molar-refractivity contribution in [1.82, 2.24) is 5.32 Å². The van der Waals surface area contributed by atoms with Crippen molar-refractivity contribution in [3.05, 3.63) is 28.8 Å². The van der Waals surface area contributed by atoms with E-state index in [1.54, 1.807) is 18.2 Å². The lowest BCUT2D eigenvalue weighted by atomic mass is 10.1. The SMILES string of the molecule is CC(C)CCNCc1cc(Cl)ccc1OCC(=O)O. The van der Waals surface area contributed by atoms with Crippen LogP contribution in [0.4, 0.5) is 0 Å². The Morgan fingerprint density at radius 3 is 2.84 bits per heavy atom. The Morgan fingerprint density at radius 1 is 1.47 bits per heavy atom. The van der Waals surface area contributed by atoms with E-state index < -0.39 is 5.97 Å². The smallest absolute Gasteiger partial charge is 0.341 e. The van der Waals surface area contributed by atoms with Gasteiger partial charge in [-0.05, 0) is 37.1 Å². The Bertz CT molecular complexity index is 421. The van der Waals surface area contributed by atoms with E-state index in [0.717, 1.165) is 18.5 Å². The maximum Gasteiger partial charge on any atom is 0.341 e. The first-order valence-electron chi connectivity index (χ1n) is 6.32. The number of hydrogen-bond acceptors (Lipinski definition) is 3. The van der Waals surface area contributed by atoms with Crippen molar-refractivity contribution in [3.63, 3.8) is 0 Å². The van der Waals surface area contributed by atoms with Crippen LogP contribution in [0.15, 0.2) is 18.2 Å². The third-order valence-electron chi connectivity index (χ3n) is 2.59. The number of rotatable bonds is 8. The molecule has 106 valence electrons. The van der Waals surface area contributed by atoms with E-state index in [2.05, 4.69) is 19.2 Å². The molecule has 4 nitrogen and oxygen atoms in total. The second kappa shape index (κ2) is 8.02. The van der Waals surface area contributed by atoms with E-state index in [0.29, 0.717) is 23.2 Å². The first-order chi connectivity index (χ1) is 8.99. The van der Waals surface area contributed by atoms with Gasteiger partial charge in [0.25, 0.3) is 0 Å². The molecule has 0 aromatic heterocycles. The number of carboxylic acids is 1. The number of ether oxygens (including phenoxy) is 1. The highest BCUT2D eigenvalue weighted by atomic mass is 35.5. The van der Waals surface area contributed by atoms with Crippen LogP contribution >= 0.6 is 11.6 Å². The van der Waals surface area contributed by atoms with Gasteiger partial charge in [-0.1, -0.05) is 25.4 Å². The molecule has 5 heteroatoms. The third-order valence-corrected chi connectivity index (χ3v) is 2.82. The summed E-state index contributed by atoms with van der Waals surface area (Å²) < 4.78 is 5.23.